The smallest absolute Gasteiger partial charge is 0.254 e. The monoisotopic (exact) mass is 403 g/mol. The summed E-state index contributed by atoms with van der Waals surface area (Å²) in [4.78, 5) is 23.0. The predicted octanol–water partition coefficient (Wildman–Crippen LogP) is 4.71. The highest BCUT2D eigenvalue weighted by molar-refractivity contribution is 7.09. The first-order chi connectivity index (χ1) is 14.2. The normalized spacial score (nSPS) is 13.5. The summed E-state index contributed by atoms with van der Waals surface area (Å²) in [7, 11) is 0. The van der Waals surface area contributed by atoms with Crippen molar-refractivity contribution in [2.24, 2.45) is 0 Å². The minimum Gasteiger partial charge on any atom is -0.487 e. The number of nitrogens with one attached hydrogen (secondary N) is 1. The maximum absolute atomic E-state index is 13.1. The summed E-state index contributed by atoms with van der Waals surface area (Å²) in [6.45, 7) is 3.72. The second-order valence-corrected chi connectivity index (χ2v) is 8.34. The van der Waals surface area contributed by atoms with Crippen LogP contribution in [0.3, 0.4) is 0 Å². The van der Waals surface area contributed by atoms with Crippen molar-refractivity contribution < 1.29 is 9.53 Å². The zero-order valence-corrected chi connectivity index (χ0v) is 17.0. The number of aryl methyl sites for hydroxylation is 1. The van der Waals surface area contributed by atoms with Crippen LogP contribution in [0.15, 0.2) is 53.9 Å². The van der Waals surface area contributed by atoms with E-state index in [4.69, 9.17) is 4.74 Å². The minimum atomic E-state index is 0.0379. The summed E-state index contributed by atoms with van der Waals surface area (Å²) in [5, 5.41) is 4.22. The molecule has 4 aromatic rings. The number of para-hydroxylation sites is 1. The molecule has 1 amide bonds. The maximum Gasteiger partial charge on any atom is 0.254 e. The van der Waals surface area contributed by atoms with Crippen LogP contribution in [0.2, 0.25) is 0 Å². The fourth-order valence-corrected chi connectivity index (χ4v) is 4.47. The Morgan fingerprint density at radius 2 is 2.14 bits per heavy atom. The molecule has 1 N–H and O–H groups in total. The van der Waals surface area contributed by atoms with Gasteiger partial charge in [0.1, 0.15) is 12.4 Å². The Morgan fingerprint density at radius 1 is 1.24 bits per heavy atom. The van der Waals surface area contributed by atoms with E-state index < -0.39 is 0 Å². The van der Waals surface area contributed by atoms with Crippen molar-refractivity contribution in [1.82, 2.24) is 14.9 Å². The van der Waals surface area contributed by atoms with E-state index in [-0.39, 0.29) is 5.91 Å². The molecule has 29 heavy (non-hydrogen) atoms. The van der Waals surface area contributed by atoms with Crippen molar-refractivity contribution in [2.45, 2.75) is 26.5 Å². The second-order valence-electron chi connectivity index (χ2n) is 7.28. The van der Waals surface area contributed by atoms with Gasteiger partial charge < -0.3 is 14.6 Å². The minimum absolute atomic E-state index is 0.0379. The number of carbonyl (C=O) groups excluding carboxylic acids is 1. The Bertz CT molecular complexity index is 1190. The molecule has 0 saturated carbocycles. The zero-order valence-electron chi connectivity index (χ0n) is 16.1. The Kier molecular flexibility index (Phi) is 4.56. The van der Waals surface area contributed by atoms with Crippen molar-refractivity contribution >= 4 is 28.1 Å². The molecule has 0 fully saturated rings. The van der Waals surface area contributed by atoms with E-state index in [0.717, 1.165) is 22.6 Å². The molecule has 0 saturated heterocycles. The third-order valence-corrected chi connectivity index (χ3v) is 6.13. The number of aromatic nitrogens is 2. The molecule has 5 nitrogen and oxygen atoms in total. The standard InChI is InChI=1S/C23H21N3O2S/c1-15-24-17(14-29-15)13-28-18-6-4-5-16(11-18)23(27)26-10-9-22-20(12-26)19-7-2-3-8-21(19)25-22/h2-8,11,14,25H,9-10,12-13H2,1H3. The van der Waals surface area contributed by atoms with Crippen molar-refractivity contribution in [2.75, 3.05) is 6.54 Å². The number of rotatable bonds is 4. The molecule has 0 spiro atoms. The summed E-state index contributed by atoms with van der Waals surface area (Å²) < 4.78 is 5.85. The van der Waals surface area contributed by atoms with Gasteiger partial charge in [0, 0.05) is 52.6 Å². The zero-order chi connectivity index (χ0) is 19.8. The van der Waals surface area contributed by atoms with Crippen LogP contribution in [0.25, 0.3) is 10.9 Å². The van der Waals surface area contributed by atoms with Gasteiger partial charge in [-0.15, -0.1) is 11.3 Å². The molecule has 5 rings (SSSR count). The van der Waals surface area contributed by atoms with Gasteiger partial charge in [-0.25, -0.2) is 4.98 Å². The molecule has 0 radical (unpaired) electrons. The van der Waals surface area contributed by atoms with E-state index >= 15 is 0 Å². The fraction of sp³-hybridized carbons (Fsp3) is 0.217. The summed E-state index contributed by atoms with van der Waals surface area (Å²) in [5.74, 6) is 0.724. The van der Waals surface area contributed by atoms with Crippen molar-refractivity contribution in [3.8, 4) is 5.75 Å². The first kappa shape index (κ1) is 17.9. The van der Waals surface area contributed by atoms with Crippen molar-refractivity contribution in [3.05, 3.63) is 81.4 Å². The average molecular weight is 404 g/mol. The van der Waals surface area contributed by atoms with E-state index in [1.807, 2.05) is 53.6 Å². The van der Waals surface area contributed by atoms with Crippen LogP contribution >= 0.6 is 11.3 Å². The largest absolute Gasteiger partial charge is 0.487 e. The number of hydrogen-bond acceptors (Lipinski definition) is 4. The van der Waals surface area contributed by atoms with Gasteiger partial charge in [-0.3, -0.25) is 4.79 Å². The molecule has 3 heterocycles. The quantitative estimate of drug-likeness (QED) is 0.537. The number of ether oxygens (including phenoxy) is 1. The number of nitrogens with zero attached hydrogens (tertiary/aromatic N) is 2. The summed E-state index contributed by atoms with van der Waals surface area (Å²) in [6, 6.07) is 15.7. The molecule has 1 aliphatic heterocycles. The molecule has 0 unspecified atom stereocenters. The molecule has 2 aromatic heterocycles. The van der Waals surface area contributed by atoms with Gasteiger partial charge in [0.15, 0.2) is 0 Å². The number of hydrogen-bond donors (Lipinski definition) is 1. The van der Waals surface area contributed by atoms with Crippen LogP contribution in [0.5, 0.6) is 5.75 Å². The Hall–Kier alpha value is -3.12. The molecule has 0 aliphatic carbocycles. The molecule has 6 heteroatoms. The molecule has 2 aromatic carbocycles. The lowest BCUT2D eigenvalue weighted by atomic mass is 10.0. The van der Waals surface area contributed by atoms with Gasteiger partial charge in [0.2, 0.25) is 0 Å². The second kappa shape index (κ2) is 7.37. The Balaban J connectivity index is 1.33. The number of carbonyl (C=O) groups is 1. The predicted molar refractivity (Wildman–Crippen MR) is 114 cm³/mol. The van der Waals surface area contributed by atoms with Crippen LogP contribution in [-0.2, 0) is 19.6 Å². The fourth-order valence-electron chi connectivity index (χ4n) is 3.87. The van der Waals surface area contributed by atoms with E-state index in [2.05, 4.69) is 22.1 Å². The topological polar surface area (TPSA) is 58.2 Å². The number of H-pyrrole nitrogens is 1. The number of thiazole rings is 1. The van der Waals surface area contributed by atoms with Gasteiger partial charge >= 0.3 is 0 Å². The lowest BCUT2D eigenvalue weighted by Gasteiger charge is -2.27. The molecule has 1 aliphatic rings. The molecule has 0 bridgehead atoms. The number of benzene rings is 2. The van der Waals surface area contributed by atoms with Gasteiger partial charge in [-0.2, -0.15) is 0 Å². The van der Waals surface area contributed by atoms with E-state index in [9.17, 15) is 4.79 Å². The third kappa shape index (κ3) is 3.51. The summed E-state index contributed by atoms with van der Waals surface area (Å²) >= 11 is 1.61. The van der Waals surface area contributed by atoms with Crippen LogP contribution in [0.1, 0.15) is 32.3 Å². The van der Waals surface area contributed by atoms with Gasteiger partial charge in [-0.1, -0.05) is 24.3 Å². The molecular weight excluding hydrogens is 382 g/mol. The van der Waals surface area contributed by atoms with Gasteiger partial charge in [0.25, 0.3) is 5.91 Å². The van der Waals surface area contributed by atoms with Crippen LogP contribution < -0.4 is 4.74 Å². The summed E-state index contributed by atoms with van der Waals surface area (Å²) in [6.07, 6.45) is 0.842. The van der Waals surface area contributed by atoms with Crippen molar-refractivity contribution in [1.29, 1.82) is 0 Å². The Morgan fingerprint density at radius 3 is 3.00 bits per heavy atom. The third-order valence-electron chi connectivity index (χ3n) is 5.30. The van der Waals surface area contributed by atoms with Crippen LogP contribution in [0, 0.1) is 6.92 Å². The molecule has 0 atom stereocenters. The Labute approximate surface area is 173 Å². The summed E-state index contributed by atoms with van der Waals surface area (Å²) in [5.41, 5.74) is 5.17. The van der Waals surface area contributed by atoms with E-state index in [0.29, 0.717) is 31.0 Å². The highest BCUT2D eigenvalue weighted by Gasteiger charge is 2.24. The highest BCUT2D eigenvalue weighted by atomic mass is 32.1. The highest BCUT2D eigenvalue weighted by Crippen LogP contribution is 2.28. The lowest BCUT2D eigenvalue weighted by Crippen LogP contribution is -2.35. The molecular formula is C23H21N3O2S. The number of aromatic amines is 1. The first-order valence-electron chi connectivity index (χ1n) is 9.69. The van der Waals surface area contributed by atoms with Gasteiger partial charge in [0.05, 0.1) is 10.7 Å². The lowest BCUT2D eigenvalue weighted by molar-refractivity contribution is 0.0734. The average Bonchev–Trinajstić information content (AvgIpc) is 3.34. The molecule has 146 valence electrons. The number of amides is 1. The van der Waals surface area contributed by atoms with Crippen LogP contribution in [-0.4, -0.2) is 27.3 Å². The SMILES string of the molecule is Cc1nc(COc2cccc(C(=O)N3CCc4[nH]c5ccccc5c4C3)c2)cs1. The van der Waals surface area contributed by atoms with Crippen LogP contribution in [0.4, 0.5) is 0 Å². The number of fused-ring (bicyclic) bond motifs is 3. The van der Waals surface area contributed by atoms with E-state index in [1.165, 1.54) is 16.6 Å². The maximum atomic E-state index is 13.1. The van der Waals surface area contributed by atoms with E-state index in [1.54, 1.807) is 11.3 Å². The first-order valence-corrected chi connectivity index (χ1v) is 10.6. The van der Waals surface area contributed by atoms with Gasteiger partial charge in [-0.05, 0) is 31.2 Å². The van der Waals surface area contributed by atoms with Crippen molar-refractivity contribution in [3.63, 3.8) is 0 Å².